The minimum atomic E-state index is 0.575. The molecule has 1 rings (SSSR count). The Bertz CT molecular complexity index is 159. The van der Waals surface area contributed by atoms with Gasteiger partial charge in [-0.3, -0.25) is 0 Å². The maximum Gasteiger partial charge on any atom is 0.0313 e. The summed E-state index contributed by atoms with van der Waals surface area (Å²) in [6, 6.07) is 0. The summed E-state index contributed by atoms with van der Waals surface area (Å²) >= 11 is 0. The Kier molecular flexibility index (Phi) is 3.14. The van der Waals surface area contributed by atoms with Gasteiger partial charge in [0, 0.05) is 26.2 Å². The summed E-state index contributed by atoms with van der Waals surface area (Å²) < 4.78 is 0. The molecule has 0 aromatic carbocycles. The molecular weight excluding hydrogens is 136 g/mol. The van der Waals surface area contributed by atoms with Crippen LogP contribution in [-0.2, 0) is 0 Å². The quantitative estimate of drug-likeness (QED) is 0.335. The summed E-state index contributed by atoms with van der Waals surface area (Å²) in [5, 5.41) is 6.04. The second-order valence-corrected chi connectivity index (χ2v) is 3.13. The van der Waals surface area contributed by atoms with E-state index < -0.39 is 0 Å². The highest BCUT2D eigenvalue weighted by molar-refractivity contribution is 5.63. The first-order valence-corrected chi connectivity index (χ1v) is 4.17. The highest BCUT2D eigenvalue weighted by Gasteiger charge is 2.04. The molecule has 0 N–H and O–H groups in total. The molecule has 1 atom stereocenters. The lowest BCUT2D eigenvalue weighted by atomic mass is 9.97. The maximum absolute atomic E-state index is 4.21. The smallest absolute Gasteiger partial charge is 0.0313 e. The molecule has 2 nitrogen and oxygen atoms in total. The lowest BCUT2D eigenvalue weighted by molar-refractivity contribution is 0.436. The molecule has 0 amide bonds. The van der Waals surface area contributed by atoms with Gasteiger partial charge in [0.05, 0.1) is 0 Å². The van der Waals surface area contributed by atoms with Crippen LogP contribution in [0, 0.1) is 5.92 Å². The predicted molar refractivity (Wildman–Crippen MR) is 48.7 cm³/mol. The minimum Gasteiger partial charge on any atom is -0.303 e. The Labute approximate surface area is 68.6 Å². The zero-order valence-corrected chi connectivity index (χ0v) is 7.33. The lowest BCUT2D eigenvalue weighted by Gasteiger charge is -2.11. The topological polar surface area (TPSA) is 15.6 Å². The third-order valence-corrected chi connectivity index (χ3v) is 1.78. The molecule has 11 heavy (non-hydrogen) atoms. The van der Waals surface area contributed by atoms with E-state index in [1.54, 1.807) is 0 Å². The first kappa shape index (κ1) is 8.31. The van der Waals surface area contributed by atoms with Gasteiger partial charge in [-0.25, -0.2) is 0 Å². The highest BCUT2D eigenvalue weighted by Crippen LogP contribution is 2.14. The van der Waals surface area contributed by atoms with Crippen LogP contribution >= 0.6 is 0 Å². The molecule has 0 heterocycles. The molecule has 62 valence electrons. The summed E-state index contributed by atoms with van der Waals surface area (Å²) in [6.45, 7) is 0. The van der Waals surface area contributed by atoms with Crippen LogP contribution < -0.4 is 0 Å². The van der Waals surface area contributed by atoms with Crippen molar-refractivity contribution >= 4 is 6.21 Å². The van der Waals surface area contributed by atoms with Gasteiger partial charge in [-0.2, -0.15) is 5.10 Å². The van der Waals surface area contributed by atoms with Crippen molar-refractivity contribution in [3.8, 4) is 0 Å². The monoisotopic (exact) mass is 152 g/mol. The van der Waals surface area contributed by atoms with Crippen LogP contribution in [0.4, 0.5) is 0 Å². The second-order valence-electron chi connectivity index (χ2n) is 3.13. The van der Waals surface area contributed by atoms with Crippen molar-refractivity contribution in [1.29, 1.82) is 0 Å². The summed E-state index contributed by atoms with van der Waals surface area (Å²) in [4.78, 5) is 0. The van der Waals surface area contributed by atoms with Crippen molar-refractivity contribution in [2.45, 2.75) is 19.3 Å². The Hall–Kier alpha value is -0.790. The van der Waals surface area contributed by atoms with Gasteiger partial charge in [-0.15, -0.1) is 0 Å². The number of hydrogen-bond acceptors (Lipinski definition) is 2. The van der Waals surface area contributed by atoms with E-state index in [-0.39, 0.29) is 0 Å². The lowest BCUT2D eigenvalue weighted by Crippen LogP contribution is -2.07. The van der Waals surface area contributed by atoms with Crippen molar-refractivity contribution < 1.29 is 0 Å². The molecule has 0 aromatic rings. The molecule has 1 aliphatic carbocycles. The van der Waals surface area contributed by atoms with E-state index in [2.05, 4.69) is 17.3 Å². The number of hydrazone groups is 1. The molecule has 0 fully saturated rings. The fraction of sp³-hybridized carbons (Fsp3) is 0.667. The fourth-order valence-electron chi connectivity index (χ4n) is 1.18. The van der Waals surface area contributed by atoms with Gasteiger partial charge in [0.2, 0.25) is 0 Å². The summed E-state index contributed by atoms with van der Waals surface area (Å²) in [6.07, 6.45) is 10.3. The van der Waals surface area contributed by atoms with Gasteiger partial charge in [0.25, 0.3) is 0 Å². The van der Waals surface area contributed by atoms with Crippen LogP contribution in [0.5, 0.6) is 0 Å². The molecule has 0 aromatic heterocycles. The molecule has 0 aliphatic heterocycles. The Balaban J connectivity index is 2.35. The van der Waals surface area contributed by atoms with E-state index >= 15 is 0 Å². The van der Waals surface area contributed by atoms with Crippen molar-refractivity contribution in [3.63, 3.8) is 0 Å². The third kappa shape index (κ3) is 3.21. The van der Waals surface area contributed by atoms with Gasteiger partial charge in [0.1, 0.15) is 0 Å². The largest absolute Gasteiger partial charge is 0.303 e. The average molecular weight is 152 g/mol. The standard InChI is InChI=1S/C9H16N2/c1-11(2)10-8-9-6-4-3-5-7-9/h4,6,8-9H,3,5,7H2,1-2H3. The predicted octanol–water partition coefficient (Wildman–Crippen LogP) is 1.89. The van der Waals surface area contributed by atoms with Crippen LogP contribution in [0.2, 0.25) is 0 Å². The van der Waals surface area contributed by atoms with E-state index in [9.17, 15) is 0 Å². The molecule has 0 radical (unpaired) electrons. The first-order valence-electron chi connectivity index (χ1n) is 4.17. The van der Waals surface area contributed by atoms with Gasteiger partial charge in [-0.1, -0.05) is 12.2 Å². The van der Waals surface area contributed by atoms with Gasteiger partial charge < -0.3 is 5.01 Å². The van der Waals surface area contributed by atoms with Gasteiger partial charge in [0.15, 0.2) is 0 Å². The van der Waals surface area contributed by atoms with E-state index in [0.717, 1.165) is 0 Å². The molecular formula is C9H16N2. The number of allylic oxidation sites excluding steroid dienone is 2. The summed E-state index contributed by atoms with van der Waals surface area (Å²) in [7, 11) is 3.89. The molecule has 1 aliphatic rings. The van der Waals surface area contributed by atoms with Crippen LogP contribution in [0.25, 0.3) is 0 Å². The van der Waals surface area contributed by atoms with Crippen LogP contribution in [0.1, 0.15) is 19.3 Å². The average Bonchev–Trinajstić information content (AvgIpc) is 2.03. The number of nitrogens with zero attached hydrogens (tertiary/aromatic N) is 2. The Morgan fingerprint density at radius 3 is 2.91 bits per heavy atom. The Morgan fingerprint density at radius 1 is 1.55 bits per heavy atom. The highest BCUT2D eigenvalue weighted by atomic mass is 15.4. The normalized spacial score (nSPS) is 24.4. The van der Waals surface area contributed by atoms with E-state index in [4.69, 9.17) is 0 Å². The van der Waals surface area contributed by atoms with E-state index in [1.807, 2.05) is 25.3 Å². The maximum atomic E-state index is 4.21. The van der Waals surface area contributed by atoms with Crippen molar-refractivity contribution in [2.75, 3.05) is 14.1 Å². The molecule has 2 heteroatoms. The zero-order chi connectivity index (χ0) is 8.10. The van der Waals surface area contributed by atoms with E-state index in [0.29, 0.717) is 5.92 Å². The summed E-state index contributed by atoms with van der Waals surface area (Å²) in [5.74, 6) is 0.575. The van der Waals surface area contributed by atoms with Gasteiger partial charge >= 0.3 is 0 Å². The minimum absolute atomic E-state index is 0.575. The van der Waals surface area contributed by atoms with Crippen LogP contribution in [0.3, 0.4) is 0 Å². The molecule has 1 unspecified atom stereocenters. The SMILES string of the molecule is CN(C)N=CC1C=CCCC1. The van der Waals surface area contributed by atoms with Crippen LogP contribution in [-0.4, -0.2) is 25.3 Å². The summed E-state index contributed by atoms with van der Waals surface area (Å²) in [5.41, 5.74) is 0. The van der Waals surface area contributed by atoms with Crippen LogP contribution in [0.15, 0.2) is 17.3 Å². The first-order chi connectivity index (χ1) is 5.29. The fourth-order valence-corrected chi connectivity index (χ4v) is 1.18. The Morgan fingerprint density at radius 2 is 2.36 bits per heavy atom. The zero-order valence-electron chi connectivity index (χ0n) is 7.33. The molecule has 0 bridgehead atoms. The second kappa shape index (κ2) is 4.16. The van der Waals surface area contributed by atoms with Crippen molar-refractivity contribution in [2.24, 2.45) is 11.0 Å². The molecule has 0 saturated carbocycles. The number of rotatable bonds is 2. The van der Waals surface area contributed by atoms with Crippen molar-refractivity contribution in [1.82, 2.24) is 5.01 Å². The molecule has 0 spiro atoms. The van der Waals surface area contributed by atoms with Gasteiger partial charge in [-0.05, 0) is 19.3 Å². The van der Waals surface area contributed by atoms with E-state index in [1.165, 1.54) is 19.3 Å². The third-order valence-electron chi connectivity index (χ3n) is 1.78. The van der Waals surface area contributed by atoms with Crippen molar-refractivity contribution in [3.05, 3.63) is 12.2 Å². The number of hydrogen-bond donors (Lipinski definition) is 0. The molecule has 0 saturated heterocycles.